The molecule has 0 saturated heterocycles. The fourth-order valence-corrected chi connectivity index (χ4v) is 2.11. The lowest BCUT2D eigenvalue weighted by Crippen LogP contribution is -2.04. The normalized spacial score (nSPS) is 16.2. The zero-order valence-electron chi connectivity index (χ0n) is 9.64. The Morgan fingerprint density at radius 1 is 1.31 bits per heavy atom. The van der Waals surface area contributed by atoms with E-state index < -0.39 is 0 Å². The van der Waals surface area contributed by atoms with Gasteiger partial charge in [0.1, 0.15) is 17.2 Å². The van der Waals surface area contributed by atoms with Gasteiger partial charge in [0.15, 0.2) is 5.65 Å². The van der Waals surface area contributed by atoms with Crippen LogP contribution in [0.2, 0.25) is 0 Å². The Morgan fingerprint density at radius 2 is 2.06 bits per heavy atom. The zero-order chi connectivity index (χ0) is 11.3. The monoisotopic (exact) mass is 216 g/mol. The number of nitrogens with two attached hydrogens (primary N) is 1. The van der Waals surface area contributed by atoms with Crippen molar-refractivity contribution in [3.63, 3.8) is 0 Å². The van der Waals surface area contributed by atoms with Crippen LogP contribution in [0.4, 0.5) is 5.82 Å². The first-order valence-electron chi connectivity index (χ1n) is 5.81. The number of aromatic nitrogens is 3. The topological polar surface area (TPSA) is 56.7 Å². The zero-order valence-corrected chi connectivity index (χ0v) is 9.64. The van der Waals surface area contributed by atoms with E-state index in [4.69, 9.17) is 5.73 Å². The molecule has 0 bridgehead atoms. The third kappa shape index (κ3) is 1.37. The molecule has 0 aromatic carbocycles. The quantitative estimate of drug-likeness (QED) is 0.839. The molecule has 4 heteroatoms. The Morgan fingerprint density at radius 3 is 2.69 bits per heavy atom. The second kappa shape index (κ2) is 3.20. The third-order valence-corrected chi connectivity index (χ3v) is 3.01. The van der Waals surface area contributed by atoms with Crippen LogP contribution in [0, 0.1) is 0 Å². The highest BCUT2D eigenvalue weighted by Crippen LogP contribution is 2.39. The largest absolute Gasteiger partial charge is 0.384 e. The van der Waals surface area contributed by atoms with Crippen LogP contribution in [-0.2, 0) is 0 Å². The SMILES string of the molecule is CC(C)c1nc2ccc(N)nc2n1C1CC1. The molecule has 1 saturated carbocycles. The maximum atomic E-state index is 5.75. The van der Waals surface area contributed by atoms with Crippen molar-refractivity contribution < 1.29 is 0 Å². The van der Waals surface area contributed by atoms with Crippen LogP contribution in [0.3, 0.4) is 0 Å². The maximum absolute atomic E-state index is 5.75. The van der Waals surface area contributed by atoms with Crippen LogP contribution >= 0.6 is 0 Å². The van der Waals surface area contributed by atoms with Crippen molar-refractivity contribution in [3.8, 4) is 0 Å². The van der Waals surface area contributed by atoms with E-state index in [-0.39, 0.29) is 0 Å². The number of hydrogen-bond donors (Lipinski definition) is 1. The van der Waals surface area contributed by atoms with Crippen LogP contribution in [0.1, 0.15) is 44.5 Å². The van der Waals surface area contributed by atoms with E-state index >= 15 is 0 Å². The lowest BCUT2D eigenvalue weighted by Gasteiger charge is -2.09. The van der Waals surface area contributed by atoms with Gasteiger partial charge in [-0.05, 0) is 25.0 Å². The summed E-state index contributed by atoms with van der Waals surface area (Å²) in [7, 11) is 0. The summed E-state index contributed by atoms with van der Waals surface area (Å²) in [5.41, 5.74) is 7.66. The first kappa shape index (κ1) is 9.63. The Bertz CT molecular complexity index is 537. The summed E-state index contributed by atoms with van der Waals surface area (Å²) in [6.07, 6.45) is 2.48. The van der Waals surface area contributed by atoms with E-state index in [0.29, 0.717) is 17.8 Å². The maximum Gasteiger partial charge on any atom is 0.162 e. The molecule has 0 unspecified atom stereocenters. The minimum Gasteiger partial charge on any atom is -0.384 e. The van der Waals surface area contributed by atoms with Gasteiger partial charge >= 0.3 is 0 Å². The second-order valence-electron chi connectivity index (χ2n) is 4.80. The molecule has 2 aromatic heterocycles. The van der Waals surface area contributed by atoms with E-state index in [1.165, 1.54) is 12.8 Å². The molecule has 1 fully saturated rings. The number of hydrogen-bond acceptors (Lipinski definition) is 3. The molecule has 84 valence electrons. The van der Waals surface area contributed by atoms with Crippen LogP contribution < -0.4 is 5.73 Å². The van der Waals surface area contributed by atoms with Gasteiger partial charge in [-0.25, -0.2) is 9.97 Å². The van der Waals surface area contributed by atoms with Crippen molar-refractivity contribution in [2.45, 2.75) is 38.6 Å². The van der Waals surface area contributed by atoms with Crippen molar-refractivity contribution in [1.29, 1.82) is 0 Å². The fourth-order valence-electron chi connectivity index (χ4n) is 2.11. The number of nitrogens with zero attached hydrogens (tertiary/aromatic N) is 3. The minimum absolute atomic E-state index is 0.427. The van der Waals surface area contributed by atoms with Crippen molar-refractivity contribution >= 4 is 17.0 Å². The summed E-state index contributed by atoms with van der Waals surface area (Å²) in [5.74, 6) is 2.14. The van der Waals surface area contributed by atoms with Gasteiger partial charge in [0.25, 0.3) is 0 Å². The predicted octanol–water partition coefficient (Wildman–Crippen LogP) is 2.47. The van der Waals surface area contributed by atoms with Gasteiger partial charge in [0.05, 0.1) is 0 Å². The Kier molecular flexibility index (Phi) is 1.93. The number of fused-ring (bicyclic) bond motifs is 1. The fraction of sp³-hybridized carbons (Fsp3) is 0.500. The van der Waals surface area contributed by atoms with Crippen molar-refractivity contribution in [2.75, 3.05) is 5.73 Å². The van der Waals surface area contributed by atoms with Crippen LogP contribution in [0.5, 0.6) is 0 Å². The highest BCUT2D eigenvalue weighted by Gasteiger charge is 2.29. The average Bonchev–Trinajstić information content (AvgIpc) is 2.99. The molecule has 3 rings (SSSR count). The van der Waals surface area contributed by atoms with Gasteiger partial charge in [-0.3, -0.25) is 0 Å². The number of rotatable bonds is 2. The first-order valence-corrected chi connectivity index (χ1v) is 5.81. The van der Waals surface area contributed by atoms with E-state index in [9.17, 15) is 0 Å². The van der Waals surface area contributed by atoms with Gasteiger partial charge in [-0.1, -0.05) is 13.8 Å². The first-order chi connectivity index (χ1) is 7.66. The summed E-state index contributed by atoms with van der Waals surface area (Å²) >= 11 is 0. The molecular weight excluding hydrogens is 200 g/mol. The highest BCUT2D eigenvalue weighted by molar-refractivity contribution is 5.74. The molecule has 16 heavy (non-hydrogen) atoms. The molecule has 1 aliphatic rings. The molecular formula is C12H16N4. The Hall–Kier alpha value is -1.58. The second-order valence-corrected chi connectivity index (χ2v) is 4.80. The molecule has 0 atom stereocenters. The van der Waals surface area contributed by atoms with E-state index in [2.05, 4.69) is 28.4 Å². The number of pyridine rings is 1. The molecule has 2 aromatic rings. The Balaban J connectivity index is 2.29. The Labute approximate surface area is 94.5 Å². The van der Waals surface area contributed by atoms with Gasteiger partial charge < -0.3 is 10.3 Å². The molecule has 0 spiro atoms. The molecule has 0 aliphatic heterocycles. The molecule has 1 aliphatic carbocycles. The molecule has 2 heterocycles. The van der Waals surface area contributed by atoms with E-state index in [1.807, 2.05) is 12.1 Å². The summed E-state index contributed by atoms with van der Waals surface area (Å²) < 4.78 is 2.27. The van der Waals surface area contributed by atoms with Crippen molar-refractivity contribution in [3.05, 3.63) is 18.0 Å². The van der Waals surface area contributed by atoms with Gasteiger partial charge in [0, 0.05) is 12.0 Å². The summed E-state index contributed by atoms with van der Waals surface area (Å²) in [6, 6.07) is 4.37. The number of nitrogen functional groups attached to an aromatic ring is 1. The summed E-state index contributed by atoms with van der Waals surface area (Å²) in [4.78, 5) is 9.08. The number of anilines is 1. The standard InChI is InChI=1S/C12H16N4/c1-7(2)11-14-9-5-6-10(13)15-12(9)16(11)8-3-4-8/h5-8H,3-4H2,1-2H3,(H2,13,15). The van der Waals surface area contributed by atoms with Crippen LogP contribution in [0.25, 0.3) is 11.2 Å². The van der Waals surface area contributed by atoms with Gasteiger partial charge in [0.2, 0.25) is 0 Å². The lowest BCUT2D eigenvalue weighted by molar-refractivity contribution is 0.651. The lowest BCUT2D eigenvalue weighted by atomic mass is 10.2. The van der Waals surface area contributed by atoms with Gasteiger partial charge in [-0.15, -0.1) is 0 Å². The molecule has 4 nitrogen and oxygen atoms in total. The average molecular weight is 216 g/mol. The summed E-state index contributed by atoms with van der Waals surface area (Å²) in [6.45, 7) is 4.34. The minimum atomic E-state index is 0.427. The molecule has 0 radical (unpaired) electrons. The third-order valence-electron chi connectivity index (χ3n) is 3.01. The summed E-state index contributed by atoms with van der Waals surface area (Å²) in [5, 5.41) is 0. The van der Waals surface area contributed by atoms with Crippen molar-refractivity contribution in [2.24, 2.45) is 0 Å². The van der Waals surface area contributed by atoms with E-state index in [0.717, 1.165) is 17.0 Å². The van der Waals surface area contributed by atoms with Gasteiger partial charge in [-0.2, -0.15) is 0 Å². The van der Waals surface area contributed by atoms with Crippen molar-refractivity contribution in [1.82, 2.24) is 14.5 Å². The number of imidazole rings is 1. The smallest absolute Gasteiger partial charge is 0.162 e. The van der Waals surface area contributed by atoms with Crippen LogP contribution in [0.15, 0.2) is 12.1 Å². The van der Waals surface area contributed by atoms with E-state index in [1.54, 1.807) is 0 Å². The highest BCUT2D eigenvalue weighted by atomic mass is 15.2. The predicted molar refractivity (Wildman–Crippen MR) is 64.3 cm³/mol. The van der Waals surface area contributed by atoms with Crippen LogP contribution in [-0.4, -0.2) is 14.5 Å². The molecule has 2 N–H and O–H groups in total. The molecule has 0 amide bonds.